The van der Waals surface area contributed by atoms with E-state index < -0.39 is 5.92 Å². The number of rotatable bonds is 6. The van der Waals surface area contributed by atoms with E-state index in [1.165, 1.54) is 18.8 Å². The fraction of sp³-hybridized carbons (Fsp3) is 0.550. The van der Waals surface area contributed by atoms with E-state index in [1.54, 1.807) is 11.9 Å². The van der Waals surface area contributed by atoms with Crippen LogP contribution >= 0.6 is 11.8 Å². The molecule has 2 saturated heterocycles. The smallest absolute Gasteiger partial charge is 0.325 e. The van der Waals surface area contributed by atoms with Gasteiger partial charge in [0.2, 0.25) is 11.8 Å². The first-order chi connectivity index (χ1) is 13.8. The zero-order valence-corrected chi connectivity index (χ0v) is 18.1. The van der Waals surface area contributed by atoms with Crippen molar-refractivity contribution < 1.29 is 14.4 Å². The second-order valence-electron chi connectivity index (χ2n) is 7.58. The Labute approximate surface area is 175 Å². The van der Waals surface area contributed by atoms with E-state index in [4.69, 9.17) is 0 Å². The predicted octanol–water partition coefficient (Wildman–Crippen LogP) is 1.78. The standard InChI is InChI=1S/C20H29N5O3S/c1-5-6-14-22-17-16(19(27)25(4)20(28)24(17)3)18(23-14)29-11-15(26)21-13-9-7-12(2)8-10-13/h7-10,14,16-18,22-23H,5-6,11H2,1-4H3,(H,21,26). The number of amides is 4. The summed E-state index contributed by atoms with van der Waals surface area (Å²) in [4.78, 5) is 40.4. The van der Waals surface area contributed by atoms with Crippen molar-refractivity contribution in [2.24, 2.45) is 5.92 Å². The summed E-state index contributed by atoms with van der Waals surface area (Å²) in [5, 5.41) is 9.45. The van der Waals surface area contributed by atoms with E-state index in [9.17, 15) is 14.4 Å². The van der Waals surface area contributed by atoms with Crippen LogP contribution in [-0.2, 0) is 9.59 Å². The number of urea groups is 1. The number of hydrogen-bond donors (Lipinski definition) is 3. The number of carbonyl (C=O) groups is 3. The number of carbonyl (C=O) groups excluding carboxylic acids is 3. The van der Waals surface area contributed by atoms with Crippen molar-refractivity contribution in [3.05, 3.63) is 29.8 Å². The van der Waals surface area contributed by atoms with Gasteiger partial charge >= 0.3 is 6.03 Å². The fourth-order valence-corrected chi connectivity index (χ4v) is 4.86. The molecule has 158 valence electrons. The van der Waals surface area contributed by atoms with Gasteiger partial charge in [0, 0.05) is 19.8 Å². The molecule has 2 aliphatic rings. The monoisotopic (exact) mass is 419 g/mol. The molecule has 0 radical (unpaired) electrons. The lowest BCUT2D eigenvalue weighted by atomic mass is 9.96. The van der Waals surface area contributed by atoms with Crippen LogP contribution in [0.4, 0.5) is 10.5 Å². The van der Waals surface area contributed by atoms with Gasteiger partial charge in [-0.1, -0.05) is 31.0 Å². The van der Waals surface area contributed by atoms with E-state index in [0.717, 1.165) is 29.0 Å². The van der Waals surface area contributed by atoms with Crippen molar-refractivity contribution in [2.75, 3.05) is 25.2 Å². The van der Waals surface area contributed by atoms with Gasteiger partial charge in [-0.2, -0.15) is 0 Å². The first-order valence-electron chi connectivity index (χ1n) is 9.86. The third-order valence-corrected chi connectivity index (χ3v) is 6.55. The molecule has 4 amide bonds. The molecule has 0 bridgehead atoms. The molecular weight excluding hydrogens is 390 g/mol. The Morgan fingerprint density at radius 1 is 1.17 bits per heavy atom. The highest BCUT2D eigenvalue weighted by Gasteiger charge is 2.50. The number of thioether (sulfide) groups is 1. The summed E-state index contributed by atoms with van der Waals surface area (Å²) < 4.78 is 0. The molecule has 1 aromatic carbocycles. The first-order valence-corrected chi connectivity index (χ1v) is 10.9. The summed E-state index contributed by atoms with van der Waals surface area (Å²) in [7, 11) is 3.21. The molecule has 0 aliphatic carbocycles. The van der Waals surface area contributed by atoms with Gasteiger partial charge < -0.3 is 10.2 Å². The van der Waals surface area contributed by atoms with Crippen molar-refractivity contribution in [3.8, 4) is 0 Å². The van der Waals surface area contributed by atoms with Gasteiger partial charge in [-0.15, -0.1) is 11.8 Å². The Morgan fingerprint density at radius 2 is 1.86 bits per heavy atom. The van der Waals surface area contributed by atoms with E-state index in [0.29, 0.717) is 0 Å². The van der Waals surface area contributed by atoms with Crippen LogP contribution in [0, 0.1) is 12.8 Å². The van der Waals surface area contributed by atoms with Gasteiger partial charge in [0.25, 0.3) is 0 Å². The van der Waals surface area contributed by atoms with Crippen molar-refractivity contribution in [1.29, 1.82) is 0 Å². The molecule has 2 heterocycles. The molecule has 0 saturated carbocycles. The summed E-state index contributed by atoms with van der Waals surface area (Å²) in [6, 6.07) is 7.31. The molecule has 29 heavy (non-hydrogen) atoms. The number of aryl methyl sites for hydroxylation is 1. The zero-order valence-electron chi connectivity index (χ0n) is 17.3. The Balaban J connectivity index is 1.69. The van der Waals surface area contributed by atoms with Gasteiger partial charge in [-0.25, -0.2) is 4.79 Å². The van der Waals surface area contributed by atoms with E-state index >= 15 is 0 Å². The van der Waals surface area contributed by atoms with Crippen LogP contribution in [0.5, 0.6) is 0 Å². The van der Waals surface area contributed by atoms with Crippen molar-refractivity contribution in [1.82, 2.24) is 20.4 Å². The van der Waals surface area contributed by atoms with Gasteiger partial charge in [-0.05, 0) is 25.5 Å². The quantitative estimate of drug-likeness (QED) is 0.651. The number of benzene rings is 1. The van der Waals surface area contributed by atoms with E-state index in [1.807, 2.05) is 31.2 Å². The minimum Gasteiger partial charge on any atom is -0.325 e. The average Bonchev–Trinajstić information content (AvgIpc) is 2.70. The average molecular weight is 420 g/mol. The molecule has 2 aliphatic heterocycles. The highest BCUT2D eigenvalue weighted by molar-refractivity contribution is 8.00. The molecule has 0 aromatic heterocycles. The maximum Gasteiger partial charge on any atom is 0.327 e. The SMILES string of the molecule is CCCC1NC(SCC(=O)Nc2ccc(C)cc2)C2C(=O)N(C)C(=O)N(C)C2N1. The molecule has 3 rings (SSSR count). The summed E-state index contributed by atoms with van der Waals surface area (Å²) in [5.41, 5.74) is 1.88. The Kier molecular flexibility index (Phi) is 6.81. The highest BCUT2D eigenvalue weighted by Crippen LogP contribution is 2.31. The normalized spacial score (nSPS) is 27.0. The summed E-state index contributed by atoms with van der Waals surface area (Å²) in [6.45, 7) is 4.08. The van der Waals surface area contributed by atoms with E-state index in [-0.39, 0.29) is 41.3 Å². The number of nitrogens with one attached hydrogen (secondary N) is 3. The third-order valence-electron chi connectivity index (χ3n) is 5.33. The first kappa shape index (κ1) is 21.6. The van der Waals surface area contributed by atoms with Crippen molar-refractivity contribution >= 4 is 35.3 Å². The lowest BCUT2D eigenvalue weighted by Gasteiger charge is -2.50. The molecule has 4 unspecified atom stereocenters. The Hall–Kier alpha value is -2.10. The number of imide groups is 1. The van der Waals surface area contributed by atoms with Crippen LogP contribution in [0.2, 0.25) is 0 Å². The van der Waals surface area contributed by atoms with Crippen LogP contribution in [-0.4, -0.2) is 65.2 Å². The topological polar surface area (TPSA) is 93.8 Å². The minimum atomic E-state index is -0.465. The molecular formula is C20H29N5O3S. The molecule has 8 nitrogen and oxygen atoms in total. The predicted molar refractivity (Wildman–Crippen MR) is 114 cm³/mol. The second-order valence-corrected chi connectivity index (χ2v) is 8.71. The molecule has 3 N–H and O–H groups in total. The Morgan fingerprint density at radius 3 is 2.52 bits per heavy atom. The molecule has 9 heteroatoms. The summed E-state index contributed by atoms with van der Waals surface area (Å²) in [5.74, 6) is -0.608. The van der Waals surface area contributed by atoms with E-state index in [2.05, 4.69) is 22.9 Å². The number of nitrogens with zero attached hydrogens (tertiary/aromatic N) is 2. The lowest BCUT2D eigenvalue weighted by Crippen LogP contribution is -2.74. The Bertz CT molecular complexity index is 772. The maximum absolute atomic E-state index is 12.8. The van der Waals surface area contributed by atoms with Gasteiger partial charge in [-0.3, -0.25) is 25.1 Å². The second kappa shape index (κ2) is 9.15. The third kappa shape index (κ3) is 4.73. The fourth-order valence-electron chi connectivity index (χ4n) is 3.72. The van der Waals surface area contributed by atoms with Gasteiger partial charge in [0.05, 0.1) is 29.4 Å². The highest BCUT2D eigenvalue weighted by atomic mass is 32.2. The van der Waals surface area contributed by atoms with Gasteiger partial charge in [0.15, 0.2) is 0 Å². The van der Waals surface area contributed by atoms with Crippen LogP contribution in [0.1, 0.15) is 25.3 Å². The summed E-state index contributed by atoms with van der Waals surface area (Å²) >= 11 is 1.40. The number of anilines is 1. The lowest BCUT2D eigenvalue weighted by molar-refractivity contribution is -0.140. The van der Waals surface area contributed by atoms with Crippen molar-refractivity contribution in [2.45, 2.75) is 44.4 Å². The largest absolute Gasteiger partial charge is 0.327 e. The number of fused-ring (bicyclic) bond motifs is 1. The van der Waals surface area contributed by atoms with Crippen LogP contribution in [0.25, 0.3) is 0 Å². The zero-order chi connectivity index (χ0) is 21.1. The molecule has 1 aromatic rings. The minimum absolute atomic E-state index is 0.0228. The van der Waals surface area contributed by atoms with Crippen LogP contribution < -0.4 is 16.0 Å². The van der Waals surface area contributed by atoms with Crippen molar-refractivity contribution in [3.63, 3.8) is 0 Å². The summed E-state index contributed by atoms with van der Waals surface area (Å²) in [6.07, 6.45) is 1.41. The molecule has 2 fully saturated rings. The van der Waals surface area contributed by atoms with Crippen LogP contribution in [0.15, 0.2) is 24.3 Å². The number of hydrogen-bond acceptors (Lipinski definition) is 6. The molecule has 4 atom stereocenters. The molecule has 0 spiro atoms. The van der Waals surface area contributed by atoms with Crippen LogP contribution in [0.3, 0.4) is 0 Å². The maximum atomic E-state index is 12.8. The van der Waals surface area contributed by atoms with Gasteiger partial charge in [0.1, 0.15) is 0 Å².